The predicted molar refractivity (Wildman–Crippen MR) is 81.2 cm³/mol. The van der Waals surface area contributed by atoms with E-state index in [2.05, 4.69) is 5.32 Å². The molecule has 0 spiro atoms. The van der Waals surface area contributed by atoms with Gasteiger partial charge in [-0.15, -0.1) is 0 Å². The third-order valence-electron chi connectivity index (χ3n) is 3.45. The van der Waals surface area contributed by atoms with Crippen LogP contribution in [0.1, 0.15) is 25.7 Å². The van der Waals surface area contributed by atoms with Crippen molar-refractivity contribution in [1.29, 1.82) is 0 Å². The molecule has 0 heterocycles. The van der Waals surface area contributed by atoms with Gasteiger partial charge >= 0.3 is 6.03 Å². The standard InChI is InChI=1S/C14H18FN3OS/c15-10-5-7-11(8-6-10)17-14(19)18(9-13(16)20)12-3-1-2-4-12/h5-8,12H,1-4,9H2,(H2,16,20)(H,17,19). The Bertz CT molecular complexity index is 486. The Kier molecular flexibility index (Phi) is 4.89. The summed E-state index contributed by atoms with van der Waals surface area (Å²) < 4.78 is 12.8. The summed E-state index contributed by atoms with van der Waals surface area (Å²) in [5.41, 5.74) is 6.13. The molecule has 4 nitrogen and oxygen atoms in total. The third kappa shape index (κ3) is 3.90. The maximum absolute atomic E-state index is 12.8. The van der Waals surface area contributed by atoms with Crippen molar-refractivity contribution in [3.8, 4) is 0 Å². The van der Waals surface area contributed by atoms with Gasteiger partial charge in [0.15, 0.2) is 0 Å². The molecule has 2 amide bonds. The van der Waals surface area contributed by atoms with E-state index in [0.717, 1.165) is 25.7 Å². The summed E-state index contributed by atoms with van der Waals surface area (Å²) in [4.78, 5) is 14.3. The van der Waals surface area contributed by atoms with E-state index in [1.165, 1.54) is 24.3 Å². The molecule has 1 saturated carbocycles. The molecule has 0 aliphatic heterocycles. The molecule has 6 heteroatoms. The third-order valence-corrected chi connectivity index (χ3v) is 3.58. The number of carbonyl (C=O) groups excluding carboxylic acids is 1. The number of nitrogens with one attached hydrogen (secondary N) is 1. The van der Waals surface area contributed by atoms with Crippen molar-refractivity contribution in [2.75, 3.05) is 11.9 Å². The van der Waals surface area contributed by atoms with Crippen LogP contribution in [0.5, 0.6) is 0 Å². The molecular weight excluding hydrogens is 277 g/mol. The smallest absolute Gasteiger partial charge is 0.322 e. The number of benzene rings is 1. The van der Waals surface area contributed by atoms with Crippen molar-refractivity contribution < 1.29 is 9.18 Å². The topological polar surface area (TPSA) is 58.4 Å². The van der Waals surface area contributed by atoms with Gasteiger partial charge in [0.05, 0.1) is 11.5 Å². The van der Waals surface area contributed by atoms with Crippen molar-refractivity contribution in [3.05, 3.63) is 30.1 Å². The van der Waals surface area contributed by atoms with Crippen LogP contribution in [0.2, 0.25) is 0 Å². The summed E-state index contributed by atoms with van der Waals surface area (Å²) in [7, 11) is 0. The Morgan fingerprint density at radius 3 is 2.50 bits per heavy atom. The van der Waals surface area contributed by atoms with E-state index in [0.29, 0.717) is 10.7 Å². The number of nitrogens with two attached hydrogens (primary N) is 1. The average Bonchev–Trinajstić information content (AvgIpc) is 2.92. The quantitative estimate of drug-likeness (QED) is 0.840. The van der Waals surface area contributed by atoms with Gasteiger partial charge in [-0.25, -0.2) is 9.18 Å². The lowest BCUT2D eigenvalue weighted by Gasteiger charge is -2.28. The Hall–Kier alpha value is -1.69. The molecule has 20 heavy (non-hydrogen) atoms. The van der Waals surface area contributed by atoms with Crippen molar-refractivity contribution in [3.63, 3.8) is 0 Å². The van der Waals surface area contributed by atoms with Crippen LogP contribution in [0.3, 0.4) is 0 Å². The zero-order valence-electron chi connectivity index (χ0n) is 11.1. The van der Waals surface area contributed by atoms with Crippen molar-refractivity contribution in [2.24, 2.45) is 5.73 Å². The molecule has 0 unspecified atom stereocenters. The summed E-state index contributed by atoms with van der Waals surface area (Å²) in [6, 6.07) is 5.61. The number of thiocarbonyl (C=S) groups is 1. The van der Waals surface area contributed by atoms with Gasteiger partial charge in [0.1, 0.15) is 5.82 Å². The first-order valence-electron chi connectivity index (χ1n) is 6.68. The van der Waals surface area contributed by atoms with E-state index in [1.807, 2.05) is 0 Å². The van der Waals surface area contributed by atoms with Crippen LogP contribution in [-0.4, -0.2) is 28.5 Å². The van der Waals surface area contributed by atoms with E-state index in [-0.39, 0.29) is 24.4 Å². The molecule has 108 valence electrons. The molecule has 0 atom stereocenters. The Labute approximate surface area is 123 Å². The van der Waals surface area contributed by atoms with E-state index >= 15 is 0 Å². The van der Waals surface area contributed by atoms with Crippen LogP contribution in [0.25, 0.3) is 0 Å². The van der Waals surface area contributed by atoms with Crippen LogP contribution in [0.4, 0.5) is 14.9 Å². The summed E-state index contributed by atoms with van der Waals surface area (Å²) in [5, 5.41) is 2.76. The van der Waals surface area contributed by atoms with Crippen LogP contribution in [-0.2, 0) is 0 Å². The number of nitrogens with zero attached hydrogens (tertiary/aromatic N) is 1. The van der Waals surface area contributed by atoms with Crippen LogP contribution < -0.4 is 11.1 Å². The van der Waals surface area contributed by atoms with Crippen LogP contribution in [0, 0.1) is 5.82 Å². The largest absolute Gasteiger partial charge is 0.392 e. The molecule has 1 aliphatic carbocycles. The first-order valence-corrected chi connectivity index (χ1v) is 7.08. The SMILES string of the molecule is NC(=S)CN(C(=O)Nc1ccc(F)cc1)C1CCCC1. The number of amides is 2. The fourth-order valence-electron chi connectivity index (χ4n) is 2.48. The molecule has 1 aromatic carbocycles. The highest BCUT2D eigenvalue weighted by atomic mass is 32.1. The lowest BCUT2D eigenvalue weighted by molar-refractivity contribution is 0.199. The molecule has 1 aliphatic rings. The minimum atomic E-state index is -0.334. The number of anilines is 1. The van der Waals surface area contributed by atoms with Crippen LogP contribution in [0.15, 0.2) is 24.3 Å². The van der Waals surface area contributed by atoms with Gasteiger partial charge in [-0.3, -0.25) is 0 Å². The molecule has 1 fully saturated rings. The van der Waals surface area contributed by atoms with Gasteiger partial charge in [-0.05, 0) is 37.1 Å². The Morgan fingerprint density at radius 1 is 1.35 bits per heavy atom. The molecule has 0 aromatic heterocycles. The highest BCUT2D eigenvalue weighted by Gasteiger charge is 2.27. The number of rotatable bonds is 4. The second kappa shape index (κ2) is 6.65. The van der Waals surface area contributed by atoms with Crippen molar-refractivity contribution in [1.82, 2.24) is 4.90 Å². The highest BCUT2D eigenvalue weighted by Crippen LogP contribution is 2.24. The fraction of sp³-hybridized carbons (Fsp3) is 0.429. The Balaban J connectivity index is 2.05. The summed E-state index contributed by atoms with van der Waals surface area (Å²) >= 11 is 4.91. The van der Waals surface area contributed by atoms with Gasteiger partial charge in [-0.2, -0.15) is 0 Å². The number of halogens is 1. The normalized spacial score (nSPS) is 15.1. The second-order valence-electron chi connectivity index (χ2n) is 4.97. The minimum absolute atomic E-state index is 0.178. The minimum Gasteiger partial charge on any atom is -0.392 e. The van der Waals surface area contributed by atoms with Crippen LogP contribution >= 0.6 is 12.2 Å². The van der Waals surface area contributed by atoms with Crippen molar-refractivity contribution >= 4 is 28.9 Å². The molecule has 1 aromatic rings. The van der Waals surface area contributed by atoms with E-state index < -0.39 is 0 Å². The predicted octanol–water partition coefficient (Wildman–Crippen LogP) is 2.89. The molecule has 2 rings (SSSR count). The highest BCUT2D eigenvalue weighted by molar-refractivity contribution is 7.80. The molecular formula is C14H18FN3OS. The number of hydrogen-bond acceptors (Lipinski definition) is 2. The van der Waals surface area contributed by atoms with Gasteiger partial charge in [0.2, 0.25) is 0 Å². The maximum Gasteiger partial charge on any atom is 0.322 e. The molecule has 0 radical (unpaired) electrons. The van der Waals surface area contributed by atoms with E-state index in [4.69, 9.17) is 18.0 Å². The monoisotopic (exact) mass is 295 g/mol. The van der Waals surface area contributed by atoms with E-state index in [9.17, 15) is 9.18 Å². The molecule has 0 bridgehead atoms. The maximum atomic E-state index is 12.8. The molecule has 0 saturated heterocycles. The summed E-state index contributed by atoms with van der Waals surface area (Å²) in [5.74, 6) is -0.334. The van der Waals surface area contributed by atoms with Gasteiger partial charge < -0.3 is 16.0 Å². The van der Waals surface area contributed by atoms with E-state index in [1.54, 1.807) is 4.90 Å². The number of carbonyl (C=O) groups is 1. The second-order valence-corrected chi connectivity index (χ2v) is 5.49. The fourth-order valence-corrected chi connectivity index (χ4v) is 2.62. The summed E-state index contributed by atoms with van der Waals surface area (Å²) in [6.07, 6.45) is 4.17. The first kappa shape index (κ1) is 14.7. The Morgan fingerprint density at radius 2 is 1.95 bits per heavy atom. The average molecular weight is 295 g/mol. The lowest BCUT2D eigenvalue weighted by atomic mass is 10.2. The van der Waals surface area contributed by atoms with Gasteiger partial charge in [-0.1, -0.05) is 25.1 Å². The van der Waals surface area contributed by atoms with Crippen molar-refractivity contribution in [2.45, 2.75) is 31.7 Å². The first-order chi connectivity index (χ1) is 9.56. The zero-order chi connectivity index (χ0) is 14.5. The van der Waals surface area contributed by atoms with Gasteiger partial charge in [0.25, 0.3) is 0 Å². The molecule has 3 N–H and O–H groups in total. The zero-order valence-corrected chi connectivity index (χ0v) is 12.0. The summed E-state index contributed by atoms with van der Waals surface area (Å²) in [6.45, 7) is 0.271. The lowest BCUT2D eigenvalue weighted by Crippen LogP contribution is -2.45. The van der Waals surface area contributed by atoms with Gasteiger partial charge in [0, 0.05) is 11.7 Å². The number of hydrogen-bond donors (Lipinski definition) is 2. The number of urea groups is 1.